The summed E-state index contributed by atoms with van der Waals surface area (Å²) in [5.41, 5.74) is 1.19. The van der Waals surface area contributed by atoms with Crippen molar-refractivity contribution < 1.29 is 0 Å². The van der Waals surface area contributed by atoms with Crippen LogP contribution in [0.2, 0.25) is 0 Å². The molecule has 0 aromatic carbocycles. The Morgan fingerprint density at radius 1 is 1.21 bits per heavy atom. The fraction of sp³-hybridized carbons (Fsp3) is 0.556. The number of aryl methyl sites for hydroxylation is 1. The lowest BCUT2D eigenvalue weighted by molar-refractivity contribution is 0.292. The van der Waals surface area contributed by atoms with Crippen LogP contribution in [-0.4, -0.2) is 89.4 Å². The highest BCUT2D eigenvalue weighted by atomic mass is 127. The van der Waals surface area contributed by atoms with Gasteiger partial charge in [-0.3, -0.25) is 9.67 Å². The van der Waals surface area contributed by atoms with Crippen LogP contribution in [0.1, 0.15) is 11.6 Å². The summed E-state index contributed by atoms with van der Waals surface area (Å²) in [7, 11) is 7.95. The van der Waals surface area contributed by atoms with Crippen LogP contribution in [0.5, 0.6) is 0 Å². The Hall–Kier alpha value is -1.95. The lowest BCUT2D eigenvalue weighted by atomic mass is 10.1. The first kappa shape index (κ1) is 22.3. The Balaban J connectivity index is 0.00000280. The van der Waals surface area contributed by atoms with Gasteiger partial charge in [-0.1, -0.05) is 0 Å². The van der Waals surface area contributed by atoms with Gasteiger partial charge in [-0.15, -0.1) is 24.0 Å². The zero-order valence-electron chi connectivity index (χ0n) is 17.0. The molecular formula is C18H30IN9. The summed E-state index contributed by atoms with van der Waals surface area (Å²) in [4.78, 5) is 19.9. The van der Waals surface area contributed by atoms with Crippen LogP contribution in [0.25, 0.3) is 0 Å². The number of nitrogens with one attached hydrogen (secondary N) is 1. The number of hydrogen-bond donors (Lipinski definition) is 1. The molecule has 1 unspecified atom stereocenters. The Bertz CT molecular complexity index is 739. The van der Waals surface area contributed by atoms with E-state index in [-0.39, 0.29) is 30.0 Å². The molecule has 0 bridgehead atoms. The molecule has 2 aromatic heterocycles. The third-order valence-corrected chi connectivity index (χ3v) is 4.81. The number of halogens is 1. The van der Waals surface area contributed by atoms with Crippen molar-refractivity contribution in [2.24, 2.45) is 12.0 Å². The van der Waals surface area contributed by atoms with Crippen molar-refractivity contribution in [3.05, 3.63) is 36.4 Å². The van der Waals surface area contributed by atoms with Crippen molar-refractivity contribution in [3.63, 3.8) is 0 Å². The number of guanidine groups is 1. The quantitative estimate of drug-likeness (QED) is 0.371. The number of aromatic nitrogens is 4. The van der Waals surface area contributed by atoms with Crippen molar-refractivity contribution in [2.45, 2.75) is 6.04 Å². The molecule has 0 radical (unpaired) electrons. The van der Waals surface area contributed by atoms with Gasteiger partial charge in [0.25, 0.3) is 0 Å². The van der Waals surface area contributed by atoms with E-state index in [0.29, 0.717) is 0 Å². The average molecular weight is 499 g/mol. The lowest BCUT2D eigenvalue weighted by Crippen LogP contribution is -2.53. The summed E-state index contributed by atoms with van der Waals surface area (Å²) in [6, 6.07) is 2.07. The summed E-state index contributed by atoms with van der Waals surface area (Å²) in [5.74, 6) is 1.73. The molecule has 9 nitrogen and oxygen atoms in total. The molecule has 0 amide bonds. The van der Waals surface area contributed by atoms with Gasteiger partial charge in [-0.25, -0.2) is 9.97 Å². The van der Waals surface area contributed by atoms with Gasteiger partial charge in [0.15, 0.2) is 5.96 Å². The van der Waals surface area contributed by atoms with Gasteiger partial charge in [0.2, 0.25) is 5.95 Å². The molecule has 154 valence electrons. The van der Waals surface area contributed by atoms with E-state index in [1.165, 1.54) is 5.56 Å². The van der Waals surface area contributed by atoms with Crippen LogP contribution < -0.4 is 10.2 Å². The zero-order chi connectivity index (χ0) is 19.2. The highest BCUT2D eigenvalue weighted by Gasteiger charge is 2.22. The first-order chi connectivity index (χ1) is 13.1. The van der Waals surface area contributed by atoms with Crippen LogP contribution in [0.4, 0.5) is 5.95 Å². The van der Waals surface area contributed by atoms with Crippen LogP contribution in [0.3, 0.4) is 0 Å². The maximum absolute atomic E-state index is 4.48. The highest BCUT2D eigenvalue weighted by Crippen LogP contribution is 2.16. The number of piperazine rings is 1. The Kier molecular flexibility index (Phi) is 8.42. The second kappa shape index (κ2) is 10.6. The van der Waals surface area contributed by atoms with E-state index in [0.717, 1.165) is 44.6 Å². The second-order valence-corrected chi connectivity index (χ2v) is 6.88. The normalized spacial score (nSPS) is 16.1. The molecule has 28 heavy (non-hydrogen) atoms. The van der Waals surface area contributed by atoms with Gasteiger partial charge >= 0.3 is 0 Å². The van der Waals surface area contributed by atoms with E-state index >= 15 is 0 Å². The number of hydrogen-bond acceptors (Lipinski definition) is 6. The molecule has 0 saturated carbocycles. The molecule has 0 aliphatic carbocycles. The van der Waals surface area contributed by atoms with Crippen molar-refractivity contribution in [3.8, 4) is 0 Å². The molecule has 1 saturated heterocycles. The second-order valence-electron chi connectivity index (χ2n) is 6.88. The average Bonchev–Trinajstić information content (AvgIpc) is 3.12. The monoisotopic (exact) mass is 499 g/mol. The molecule has 1 fully saturated rings. The standard InChI is InChI=1S/C18H29N9.HI/c1-19-17(22-13-16(24(2)3)15-12-23-25(4)14-15)26-8-10-27(11-9-26)18-20-6-5-7-21-18;/h5-7,12,14,16H,8-11,13H2,1-4H3,(H,19,22);1H. The summed E-state index contributed by atoms with van der Waals surface area (Å²) in [6.45, 7) is 4.30. The molecule has 10 heteroatoms. The van der Waals surface area contributed by atoms with Gasteiger partial charge in [-0.05, 0) is 20.2 Å². The zero-order valence-corrected chi connectivity index (χ0v) is 19.3. The van der Waals surface area contributed by atoms with Crippen LogP contribution >= 0.6 is 24.0 Å². The number of rotatable bonds is 5. The number of aliphatic imine (C=N–C) groups is 1. The first-order valence-electron chi connectivity index (χ1n) is 9.21. The minimum Gasteiger partial charge on any atom is -0.354 e. The SMILES string of the molecule is CN=C(NCC(c1cnn(C)c1)N(C)C)N1CCN(c2ncccn2)CC1.I. The minimum absolute atomic E-state index is 0. The third kappa shape index (κ3) is 5.53. The molecule has 3 rings (SSSR count). The summed E-state index contributed by atoms with van der Waals surface area (Å²) in [6.07, 6.45) is 7.56. The summed E-state index contributed by atoms with van der Waals surface area (Å²) in [5, 5.41) is 7.83. The Morgan fingerprint density at radius 3 is 2.43 bits per heavy atom. The third-order valence-electron chi connectivity index (χ3n) is 4.81. The van der Waals surface area contributed by atoms with E-state index in [2.05, 4.69) is 60.4 Å². The van der Waals surface area contributed by atoms with E-state index < -0.39 is 0 Å². The molecule has 1 N–H and O–H groups in total. The smallest absolute Gasteiger partial charge is 0.225 e. The predicted octanol–water partition coefficient (Wildman–Crippen LogP) is 0.828. The van der Waals surface area contributed by atoms with Crippen LogP contribution in [0.15, 0.2) is 35.8 Å². The number of nitrogens with zero attached hydrogens (tertiary/aromatic N) is 8. The molecule has 0 spiro atoms. The van der Waals surface area contributed by atoms with Gasteiger partial charge in [0.05, 0.1) is 12.2 Å². The fourth-order valence-corrected chi connectivity index (χ4v) is 3.30. The van der Waals surface area contributed by atoms with Crippen molar-refractivity contribution >= 4 is 35.9 Å². The fourth-order valence-electron chi connectivity index (χ4n) is 3.30. The van der Waals surface area contributed by atoms with Crippen molar-refractivity contribution in [2.75, 3.05) is 58.8 Å². The van der Waals surface area contributed by atoms with Crippen molar-refractivity contribution in [1.82, 2.24) is 34.9 Å². The minimum atomic E-state index is 0. The maximum Gasteiger partial charge on any atom is 0.225 e. The molecular weight excluding hydrogens is 469 g/mol. The van der Waals surface area contributed by atoms with Crippen molar-refractivity contribution in [1.29, 1.82) is 0 Å². The Labute approximate surface area is 183 Å². The van der Waals surface area contributed by atoms with E-state index in [1.54, 1.807) is 12.4 Å². The number of anilines is 1. The lowest BCUT2D eigenvalue weighted by Gasteiger charge is -2.37. The van der Waals surface area contributed by atoms with Gasteiger partial charge in [0.1, 0.15) is 0 Å². The van der Waals surface area contributed by atoms with E-state index in [9.17, 15) is 0 Å². The molecule has 1 aliphatic heterocycles. The molecule has 1 atom stereocenters. The van der Waals surface area contributed by atoms with E-state index in [4.69, 9.17) is 0 Å². The molecule has 2 aromatic rings. The summed E-state index contributed by atoms with van der Waals surface area (Å²) >= 11 is 0. The van der Waals surface area contributed by atoms with E-state index in [1.807, 2.05) is 31.0 Å². The Morgan fingerprint density at radius 2 is 1.89 bits per heavy atom. The first-order valence-corrected chi connectivity index (χ1v) is 9.21. The van der Waals surface area contributed by atoms with Crippen LogP contribution in [0, 0.1) is 0 Å². The highest BCUT2D eigenvalue weighted by molar-refractivity contribution is 14.0. The summed E-state index contributed by atoms with van der Waals surface area (Å²) < 4.78 is 1.84. The van der Waals surface area contributed by atoms with Crippen LogP contribution in [-0.2, 0) is 7.05 Å². The predicted molar refractivity (Wildman–Crippen MR) is 122 cm³/mol. The topological polar surface area (TPSA) is 77.7 Å². The van der Waals surface area contributed by atoms with Gasteiger partial charge in [0, 0.05) is 71.0 Å². The van der Waals surface area contributed by atoms with Gasteiger partial charge in [-0.2, -0.15) is 5.10 Å². The molecule has 3 heterocycles. The largest absolute Gasteiger partial charge is 0.354 e. The number of likely N-dealkylation sites (N-methyl/N-ethyl adjacent to an activating group) is 1. The van der Waals surface area contributed by atoms with Gasteiger partial charge < -0.3 is 20.0 Å². The molecule has 1 aliphatic rings. The maximum atomic E-state index is 4.48.